The topological polar surface area (TPSA) is 121 Å². The summed E-state index contributed by atoms with van der Waals surface area (Å²) in [5, 5.41) is 10.3. The van der Waals surface area contributed by atoms with Crippen LogP contribution in [0.4, 0.5) is 0 Å². The first-order valence-electron chi connectivity index (χ1n) is 11.2. The number of carbonyl (C=O) groups is 2. The van der Waals surface area contributed by atoms with Gasteiger partial charge in [0.25, 0.3) is 0 Å². The minimum Gasteiger partial charge on any atom is -0.490 e. The van der Waals surface area contributed by atoms with Gasteiger partial charge in [-0.15, -0.1) is 0 Å². The van der Waals surface area contributed by atoms with Crippen LogP contribution in [0.2, 0.25) is 0 Å². The van der Waals surface area contributed by atoms with Crippen LogP contribution in [0.25, 0.3) is 16.6 Å². The van der Waals surface area contributed by atoms with Crippen LogP contribution in [0.15, 0.2) is 60.3 Å². The third-order valence-electron chi connectivity index (χ3n) is 5.73. The highest BCUT2D eigenvalue weighted by atomic mass is 32.1. The fourth-order valence-electron chi connectivity index (χ4n) is 3.97. The number of pyridine rings is 1. The molecule has 0 radical (unpaired) electrons. The van der Waals surface area contributed by atoms with Gasteiger partial charge >= 0.3 is 5.97 Å². The molecule has 5 rings (SSSR count). The number of carboxylic acids is 1. The maximum atomic E-state index is 13.9. The van der Waals surface area contributed by atoms with Crippen LogP contribution in [0.5, 0.6) is 17.4 Å². The number of methoxy groups -OCH3 is 1. The highest BCUT2D eigenvalue weighted by Crippen LogP contribution is 2.33. The molecular weight excluding hydrogens is 482 g/mol. The van der Waals surface area contributed by atoms with Gasteiger partial charge in [-0.2, -0.15) is 8.75 Å². The second-order valence-electron chi connectivity index (χ2n) is 8.05. The molecule has 0 amide bonds. The summed E-state index contributed by atoms with van der Waals surface area (Å²) < 4.78 is 24.9. The maximum absolute atomic E-state index is 13.9. The molecule has 1 aliphatic rings. The standard InChI is InChI=1S/C26H21N3O6S/c1-33-23-8-3-15(14-27-23)11-18(24(26(31)32)16-4-6-19-20(12-16)29-36-28-19)25(30)17-5-7-21-22(13-17)35-10-2-9-34-21/h3-8,12-14H,2,9-11H2,1H3,(H,31,32). The zero-order valence-electron chi connectivity index (χ0n) is 19.3. The average molecular weight is 504 g/mol. The molecule has 0 atom stereocenters. The van der Waals surface area contributed by atoms with Crippen LogP contribution in [-0.4, -0.2) is 50.9 Å². The minimum absolute atomic E-state index is 0.0409. The van der Waals surface area contributed by atoms with E-state index in [9.17, 15) is 14.7 Å². The van der Waals surface area contributed by atoms with Crippen LogP contribution < -0.4 is 14.2 Å². The molecule has 10 heteroatoms. The van der Waals surface area contributed by atoms with Crippen molar-refractivity contribution < 1.29 is 28.9 Å². The van der Waals surface area contributed by atoms with Crippen LogP contribution in [0.3, 0.4) is 0 Å². The van der Waals surface area contributed by atoms with E-state index in [1.807, 2.05) is 0 Å². The number of aromatic nitrogens is 3. The lowest BCUT2D eigenvalue weighted by molar-refractivity contribution is -0.130. The first-order chi connectivity index (χ1) is 17.5. The summed E-state index contributed by atoms with van der Waals surface area (Å²) in [6.07, 6.45) is 2.33. The van der Waals surface area contributed by atoms with Crippen molar-refractivity contribution in [2.75, 3.05) is 20.3 Å². The molecule has 36 heavy (non-hydrogen) atoms. The molecule has 0 bridgehead atoms. The lowest BCUT2D eigenvalue weighted by Crippen LogP contribution is -2.14. The van der Waals surface area contributed by atoms with Gasteiger partial charge in [0.05, 0.1) is 37.6 Å². The van der Waals surface area contributed by atoms with E-state index >= 15 is 0 Å². The number of rotatable bonds is 7. The monoisotopic (exact) mass is 503 g/mol. The molecule has 2 aromatic heterocycles. The summed E-state index contributed by atoms with van der Waals surface area (Å²) in [5.74, 6) is -0.241. The molecule has 0 saturated heterocycles. The van der Waals surface area contributed by atoms with Crippen LogP contribution in [-0.2, 0) is 11.2 Å². The molecule has 0 unspecified atom stereocenters. The molecule has 0 aliphatic carbocycles. The van der Waals surface area contributed by atoms with Gasteiger partial charge in [-0.25, -0.2) is 9.78 Å². The van der Waals surface area contributed by atoms with Gasteiger partial charge in [-0.3, -0.25) is 4.79 Å². The number of fused-ring (bicyclic) bond motifs is 2. The van der Waals surface area contributed by atoms with Crippen LogP contribution >= 0.6 is 11.7 Å². The number of aliphatic carboxylic acids is 1. The first-order valence-corrected chi connectivity index (χ1v) is 11.9. The highest BCUT2D eigenvalue weighted by molar-refractivity contribution is 7.00. The number of allylic oxidation sites excluding steroid dienone is 1. The predicted molar refractivity (Wildman–Crippen MR) is 133 cm³/mol. The van der Waals surface area contributed by atoms with Gasteiger partial charge in [0.15, 0.2) is 17.3 Å². The number of carboxylic acid groups (broad SMARTS) is 1. The van der Waals surface area contributed by atoms with Crippen LogP contribution in [0.1, 0.15) is 27.9 Å². The van der Waals surface area contributed by atoms with Gasteiger partial charge in [0.1, 0.15) is 11.0 Å². The van der Waals surface area contributed by atoms with E-state index < -0.39 is 11.8 Å². The minimum atomic E-state index is -1.23. The molecule has 182 valence electrons. The van der Waals surface area contributed by atoms with Crippen molar-refractivity contribution in [2.45, 2.75) is 12.8 Å². The van der Waals surface area contributed by atoms with Crippen molar-refractivity contribution in [3.63, 3.8) is 0 Å². The van der Waals surface area contributed by atoms with Gasteiger partial charge in [0.2, 0.25) is 5.88 Å². The zero-order chi connectivity index (χ0) is 25.1. The van der Waals surface area contributed by atoms with Crippen molar-refractivity contribution in [1.82, 2.24) is 13.7 Å². The largest absolute Gasteiger partial charge is 0.490 e. The molecular formula is C26H21N3O6S. The Kier molecular flexibility index (Phi) is 6.59. The summed E-state index contributed by atoms with van der Waals surface area (Å²) in [6.45, 7) is 0.986. The van der Waals surface area contributed by atoms with Crippen LogP contribution in [0, 0.1) is 0 Å². The Hall–Kier alpha value is -4.31. The molecule has 1 N–H and O–H groups in total. The van der Waals surface area contributed by atoms with Crippen molar-refractivity contribution >= 4 is 40.1 Å². The molecule has 0 spiro atoms. The molecule has 0 saturated carbocycles. The summed E-state index contributed by atoms with van der Waals surface area (Å²) >= 11 is 1.04. The molecule has 0 fully saturated rings. The van der Waals surface area contributed by atoms with Gasteiger partial charge in [0, 0.05) is 36.2 Å². The highest BCUT2D eigenvalue weighted by Gasteiger charge is 2.25. The van der Waals surface area contributed by atoms with E-state index in [1.54, 1.807) is 54.7 Å². The number of ether oxygens (including phenoxy) is 3. The van der Waals surface area contributed by atoms with Crippen molar-refractivity contribution in [3.8, 4) is 17.4 Å². The number of hydrogen-bond donors (Lipinski definition) is 1. The van der Waals surface area contributed by atoms with Gasteiger partial charge in [-0.05, 0) is 41.5 Å². The normalized spacial score (nSPS) is 13.6. The van der Waals surface area contributed by atoms with Crippen molar-refractivity contribution in [1.29, 1.82) is 0 Å². The molecule has 1 aliphatic heterocycles. The van der Waals surface area contributed by atoms with E-state index in [4.69, 9.17) is 14.2 Å². The molecule has 2 aromatic carbocycles. The maximum Gasteiger partial charge on any atom is 0.336 e. The Bertz CT molecular complexity index is 1480. The van der Waals surface area contributed by atoms with Crippen molar-refractivity contribution in [3.05, 3.63) is 77.0 Å². The second kappa shape index (κ2) is 10.1. The number of hydrogen-bond acceptors (Lipinski definition) is 9. The number of benzene rings is 2. The smallest absolute Gasteiger partial charge is 0.336 e. The zero-order valence-corrected chi connectivity index (χ0v) is 20.1. The van der Waals surface area contributed by atoms with E-state index in [-0.39, 0.29) is 17.6 Å². The number of nitrogens with zero attached hydrogens (tertiary/aromatic N) is 3. The quantitative estimate of drug-likeness (QED) is 0.292. The fourth-order valence-corrected chi connectivity index (χ4v) is 4.48. The lowest BCUT2D eigenvalue weighted by Gasteiger charge is -2.14. The third-order valence-corrected chi connectivity index (χ3v) is 6.29. The lowest BCUT2D eigenvalue weighted by atomic mass is 9.89. The Balaban J connectivity index is 1.64. The molecule has 9 nitrogen and oxygen atoms in total. The van der Waals surface area contributed by atoms with Gasteiger partial charge in [-0.1, -0.05) is 12.1 Å². The average Bonchev–Trinajstić information content (AvgIpc) is 3.24. The molecule has 3 heterocycles. The summed E-state index contributed by atoms with van der Waals surface area (Å²) in [4.78, 5) is 30.7. The van der Waals surface area contributed by atoms with E-state index in [0.717, 1.165) is 18.1 Å². The Morgan fingerprint density at radius 2 is 1.75 bits per heavy atom. The Morgan fingerprint density at radius 3 is 2.50 bits per heavy atom. The summed E-state index contributed by atoms with van der Waals surface area (Å²) in [5.41, 5.74) is 2.52. The van der Waals surface area contributed by atoms with E-state index in [0.29, 0.717) is 58.3 Å². The number of Topliss-reactive ketones (excluding diaryl/α,β-unsaturated/α-hetero) is 1. The predicted octanol–water partition coefficient (Wildman–Crippen LogP) is 4.22. The van der Waals surface area contributed by atoms with Gasteiger partial charge < -0.3 is 19.3 Å². The van der Waals surface area contributed by atoms with Crippen molar-refractivity contribution in [2.24, 2.45) is 0 Å². The number of carbonyl (C=O) groups excluding carboxylic acids is 1. The number of ketones is 1. The van der Waals surface area contributed by atoms with E-state index in [1.165, 1.54) is 7.11 Å². The van der Waals surface area contributed by atoms with E-state index in [2.05, 4.69) is 13.7 Å². The summed E-state index contributed by atoms with van der Waals surface area (Å²) in [7, 11) is 1.51. The Labute approximate surface area is 210 Å². The fraction of sp³-hybridized carbons (Fsp3) is 0.192. The summed E-state index contributed by atoms with van der Waals surface area (Å²) in [6, 6.07) is 13.3. The second-order valence-corrected chi connectivity index (χ2v) is 8.58. The SMILES string of the molecule is COc1ccc(CC(C(=O)c2ccc3c(c2)OCCCO3)=C(C(=O)O)c2ccc3nsnc3c2)cn1. The first kappa shape index (κ1) is 23.4. The third kappa shape index (κ3) is 4.76. The molecule has 4 aromatic rings. The Morgan fingerprint density at radius 1 is 0.972 bits per heavy atom.